The fraction of sp³-hybridized carbons (Fsp3) is 0.364. The Morgan fingerprint density at radius 2 is 2.27 bits per heavy atom. The summed E-state index contributed by atoms with van der Waals surface area (Å²) in [5, 5.41) is 10.2. The first-order chi connectivity index (χ1) is 7.15. The summed E-state index contributed by atoms with van der Waals surface area (Å²) in [6, 6.07) is 5.17. The van der Waals surface area contributed by atoms with Gasteiger partial charge in [0.2, 0.25) is 0 Å². The van der Waals surface area contributed by atoms with Crippen LogP contribution in [0.3, 0.4) is 0 Å². The third-order valence-electron chi connectivity index (χ3n) is 2.00. The second kappa shape index (κ2) is 4.14. The summed E-state index contributed by atoms with van der Waals surface area (Å²) in [7, 11) is 0. The summed E-state index contributed by atoms with van der Waals surface area (Å²) in [6.07, 6.45) is 0. The van der Waals surface area contributed by atoms with Gasteiger partial charge in [-0.3, -0.25) is 0 Å². The lowest BCUT2D eigenvalue weighted by molar-refractivity contribution is 0.476. The van der Waals surface area contributed by atoms with Gasteiger partial charge in [0, 0.05) is 11.8 Å². The molecule has 1 heterocycles. The fourth-order valence-corrected chi connectivity index (χ4v) is 2.12. The Hall–Kier alpha value is -1.16. The number of fused-ring (bicyclic) bond motifs is 1. The first kappa shape index (κ1) is 10.4. The van der Waals surface area contributed by atoms with E-state index in [-0.39, 0.29) is 5.75 Å². The number of aromatic hydroxyl groups is 1. The number of nitrogens with one attached hydrogen (secondary N) is 1. The molecule has 0 atom stereocenters. The molecular weight excluding hydrogens is 208 g/mol. The molecule has 0 saturated carbocycles. The molecule has 0 bridgehead atoms. The molecular formula is C11H14N2OS. The summed E-state index contributed by atoms with van der Waals surface area (Å²) >= 11 is 1.71. The SMILES string of the molecule is CC(C)CSc1nc2ccc(O)cc2[nH]1. The van der Waals surface area contributed by atoms with Gasteiger partial charge >= 0.3 is 0 Å². The highest BCUT2D eigenvalue weighted by molar-refractivity contribution is 7.99. The van der Waals surface area contributed by atoms with Crippen molar-refractivity contribution in [3.63, 3.8) is 0 Å². The molecule has 0 spiro atoms. The average Bonchev–Trinajstić information content (AvgIpc) is 2.56. The van der Waals surface area contributed by atoms with Crippen LogP contribution >= 0.6 is 11.8 Å². The molecule has 0 aliphatic heterocycles. The number of H-pyrrole nitrogens is 1. The molecule has 0 fully saturated rings. The number of aromatic nitrogens is 2. The van der Waals surface area contributed by atoms with E-state index >= 15 is 0 Å². The van der Waals surface area contributed by atoms with E-state index in [1.54, 1.807) is 23.9 Å². The van der Waals surface area contributed by atoms with Gasteiger partial charge in [-0.25, -0.2) is 4.98 Å². The number of aromatic amines is 1. The normalized spacial score (nSPS) is 11.4. The zero-order chi connectivity index (χ0) is 10.8. The van der Waals surface area contributed by atoms with Gasteiger partial charge in [0.25, 0.3) is 0 Å². The number of imidazole rings is 1. The number of phenolic OH excluding ortho intramolecular Hbond substituents is 1. The minimum absolute atomic E-state index is 0.270. The molecule has 0 radical (unpaired) electrons. The second-order valence-corrected chi connectivity index (χ2v) is 4.96. The molecule has 2 rings (SSSR count). The van der Waals surface area contributed by atoms with Crippen LogP contribution in [0.1, 0.15) is 13.8 Å². The molecule has 2 aromatic rings. The molecule has 80 valence electrons. The van der Waals surface area contributed by atoms with Crippen molar-refractivity contribution in [1.82, 2.24) is 9.97 Å². The number of hydrogen-bond donors (Lipinski definition) is 2. The minimum atomic E-state index is 0.270. The van der Waals surface area contributed by atoms with Crippen LogP contribution < -0.4 is 0 Å². The summed E-state index contributed by atoms with van der Waals surface area (Å²) in [5.74, 6) is 1.97. The van der Waals surface area contributed by atoms with Crippen molar-refractivity contribution < 1.29 is 5.11 Å². The van der Waals surface area contributed by atoms with Gasteiger partial charge < -0.3 is 10.1 Å². The summed E-state index contributed by atoms with van der Waals surface area (Å²) in [4.78, 5) is 7.61. The molecule has 1 aromatic carbocycles. The molecule has 0 aliphatic carbocycles. The van der Waals surface area contributed by atoms with E-state index in [2.05, 4.69) is 23.8 Å². The van der Waals surface area contributed by atoms with Gasteiger partial charge in [-0.05, 0) is 18.1 Å². The Kier molecular flexibility index (Phi) is 2.86. The minimum Gasteiger partial charge on any atom is -0.508 e. The zero-order valence-electron chi connectivity index (χ0n) is 8.82. The molecule has 0 saturated heterocycles. The highest BCUT2D eigenvalue weighted by Crippen LogP contribution is 2.23. The number of phenols is 1. The molecule has 15 heavy (non-hydrogen) atoms. The lowest BCUT2D eigenvalue weighted by Crippen LogP contribution is -1.90. The van der Waals surface area contributed by atoms with Crippen molar-refractivity contribution in [1.29, 1.82) is 0 Å². The smallest absolute Gasteiger partial charge is 0.166 e. The average molecular weight is 222 g/mol. The molecule has 1 aromatic heterocycles. The van der Waals surface area contributed by atoms with Crippen LogP contribution in [0.5, 0.6) is 5.75 Å². The van der Waals surface area contributed by atoms with Crippen molar-refractivity contribution >= 4 is 22.8 Å². The Morgan fingerprint density at radius 3 is 3.00 bits per heavy atom. The van der Waals surface area contributed by atoms with Crippen LogP contribution in [0.2, 0.25) is 0 Å². The first-order valence-electron chi connectivity index (χ1n) is 4.96. The highest BCUT2D eigenvalue weighted by atomic mass is 32.2. The van der Waals surface area contributed by atoms with E-state index in [1.165, 1.54) is 0 Å². The van der Waals surface area contributed by atoms with Crippen molar-refractivity contribution in [3.05, 3.63) is 18.2 Å². The van der Waals surface area contributed by atoms with E-state index in [0.29, 0.717) is 5.92 Å². The van der Waals surface area contributed by atoms with Crippen LogP contribution in [0.25, 0.3) is 11.0 Å². The third kappa shape index (κ3) is 2.45. The fourth-order valence-electron chi connectivity index (χ4n) is 1.29. The third-order valence-corrected chi connectivity index (χ3v) is 3.30. The Balaban J connectivity index is 2.23. The Bertz CT molecular complexity index is 465. The number of thioether (sulfide) groups is 1. The van der Waals surface area contributed by atoms with Crippen molar-refractivity contribution in [2.45, 2.75) is 19.0 Å². The maximum absolute atomic E-state index is 9.30. The monoisotopic (exact) mass is 222 g/mol. The number of benzene rings is 1. The van der Waals surface area contributed by atoms with Crippen molar-refractivity contribution in [3.8, 4) is 5.75 Å². The van der Waals surface area contributed by atoms with E-state index < -0.39 is 0 Å². The van der Waals surface area contributed by atoms with Crippen LogP contribution in [0, 0.1) is 5.92 Å². The van der Waals surface area contributed by atoms with Crippen molar-refractivity contribution in [2.75, 3.05) is 5.75 Å². The molecule has 2 N–H and O–H groups in total. The van der Waals surface area contributed by atoms with E-state index in [1.807, 2.05) is 6.07 Å². The maximum Gasteiger partial charge on any atom is 0.166 e. The topological polar surface area (TPSA) is 48.9 Å². The largest absolute Gasteiger partial charge is 0.508 e. The number of hydrogen-bond acceptors (Lipinski definition) is 3. The molecule has 3 nitrogen and oxygen atoms in total. The predicted molar refractivity (Wildman–Crippen MR) is 63.3 cm³/mol. The lowest BCUT2D eigenvalue weighted by atomic mass is 10.3. The number of nitrogens with zero attached hydrogens (tertiary/aromatic N) is 1. The predicted octanol–water partition coefficient (Wildman–Crippen LogP) is 3.02. The highest BCUT2D eigenvalue weighted by Gasteiger charge is 2.04. The van der Waals surface area contributed by atoms with Crippen LogP contribution in [-0.2, 0) is 0 Å². The van der Waals surface area contributed by atoms with E-state index in [9.17, 15) is 5.11 Å². The molecule has 4 heteroatoms. The first-order valence-corrected chi connectivity index (χ1v) is 5.95. The summed E-state index contributed by atoms with van der Waals surface area (Å²) < 4.78 is 0. The van der Waals surface area contributed by atoms with Gasteiger partial charge in [0.05, 0.1) is 11.0 Å². The van der Waals surface area contributed by atoms with Gasteiger partial charge in [-0.2, -0.15) is 0 Å². The summed E-state index contributed by atoms with van der Waals surface area (Å²) in [6.45, 7) is 4.36. The van der Waals surface area contributed by atoms with Gasteiger partial charge in [-0.1, -0.05) is 25.6 Å². The summed E-state index contributed by atoms with van der Waals surface area (Å²) in [5.41, 5.74) is 1.79. The van der Waals surface area contributed by atoms with E-state index in [0.717, 1.165) is 21.9 Å². The van der Waals surface area contributed by atoms with Crippen LogP contribution in [0.4, 0.5) is 0 Å². The Labute approximate surface area is 92.9 Å². The molecule has 0 amide bonds. The number of rotatable bonds is 3. The second-order valence-electron chi connectivity index (χ2n) is 3.95. The lowest BCUT2D eigenvalue weighted by Gasteiger charge is -1.99. The van der Waals surface area contributed by atoms with Crippen LogP contribution in [-0.4, -0.2) is 20.8 Å². The van der Waals surface area contributed by atoms with Crippen LogP contribution in [0.15, 0.2) is 23.4 Å². The zero-order valence-corrected chi connectivity index (χ0v) is 9.64. The molecule has 0 aliphatic rings. The van der Waals surface area contributed by atoms with E-state index in [4.69, 9.17) is 0 Å². The Morgan fingerprint density at radius 1 is 1.47 bits per heavy atom. The van der Waals surface area contributed by atoms with Crippen molar-refractivity contribution in [2.24, 2.45) is 5.92 Å². The van der Waals surface area contributed by atoms with Gasteiger partial charge in [-0.15, -0.1) is 0 Å². The molecule has 0 unspecified atom stereocenters. The van der Waals surface area contributed by atoms with Gasteiger partial charge in [0.1, 0.15) is 5.75 Å². The van der Waals surface area contributed by atoms with Gasteiger partial charge in [0.15, 0.2) is 5.16 Å². The standard InChI is InChI=1S/C11H14N2OS/c1-7(2)6-15-11-12-9-4-3-8(14)5-10(9)13-11/h3-5,7,14H,6H2,1-2H3,(H,12,13). The maximum atomic E-state index is 9.30. The quantitative estimate of drug-likeness (QED) is 0.785.